The summed E-state index contributed by atoms with van der Waals surface area (Å²) in [7, 11) is 0. The number of hydrogen-bond acceptors (Lipinski definition) is 5. The topological polar surface area (TPSA) is 96.9 Å². The van der Waals surface area contributed by atoms with Crippen molar-refractivity contribution in [3.05, 3.63) is 65.2 Å². The summed E-state index contributed by atoms with van der Waals surface area (Å²) in [5.74, 6) is 0.908. The molecule has 1 aliphatic carbocycles. The third-order valence-corrected chi connectivity index (χ3v) is 6.01. The number of carboxylic acid groups (broad SMARTS) is 1. The first kappa shape index (κ1) is 18.5. The van der Waals surface area contributed by atoms with Crippen LogP contribution in [-0.2, 0) is 4.79 Å². The van der Waals surface area contributed by atoms with Crippen molar-refractivity contribution in [1.29, 1.82) is 0 Å². The SMILES string of the molecule is O=C(O)CCNC(=O)c1ccc2c(c1)C1C=CCC1C(c1ccc3c(c1)OCO3)N2. The highest BCUT2D eigenvalue weighted by molar-refractivity contribution is 5.95. The third kappa shape index (κ3) is 3.26. The molecular formula is C23H22N2O5. The van der Waals surface area contributed by atoms with Gasteiger partial charge >= 0.3 is 5.97 Å². The number of hydrogen-bond donors (Lipinski definition) is 3. The second-order valence-corrected chi connectivity index (χ2v) is 7.79. The van der Waals surface area contributed by atoms with Crippen LogP contribution in [0.3, 0.4) is 0 Å². The quantitative estimate of drug-likeness (QED) is 0.658. The molecule has 0 saturated heterocycles. The maximum absolute atomic E-state index is 12.4. The van der Waals surface area contributed by atoms with E-state index in [0.29, 0.717) is 11.5 Å². The fourth-order valence-corrected chi connectivity index (χ4v) is 4.56. The van der Waals surface area contributed by atoms with Crippen LogP contribution in [0, 0.1) is 5.92 Å². The number of nitrogens with one attached hydrogen (secondary N) is 2. The number of anilines is 1. The Morgan fingerprint density at radius 3 is 2.87 bits per heavy atom. The van der Waals surface area contributed by atoms with Gasteiger partial charge in [-0.1, -0.05) is 18.2 Å². The molecule has 5 rings (SSSR count). The molecule has 30 heavy (non-hydrogen) atoms. The summed E-state index contributed by atoms with van der Waals surface area (Å²) in [5, 5.41) is 15.1. The largest absolute Gasteiger partial charge is 0.481 e. The van der Waals surface area contributed by atoms with E-state index in [1.54, 1.807) is 6.07 Å². The number of allylic oxidation sites excluding steroid dienone is 2. The highest BCUT2D eigenvalue weighted by atomic mass is 16.7. The van der Waals surface area contributed by atoms with Gasteiger partial charge in [0.2, 0.25) is 6.79 Å². The number of amides is 1. The fourth-order valence-electron chi connectivity index (χ4n) is 4.56. The molecule has 0 spiro atoms. The highest BCUT2D eigenvalue weighted by Crippen LogP contribution is 2.50. The van der Waals surface area contributed by atoms with E-state index >= 15 is 0 Å². The molecule has 154 valence electrons. The zero-order chi connectivity index (χ0) is 20.7. The zero-order valence-electron chi connectivity index (χ0n) is 16.3. The van der Waals surface area contributed by atoms with Crippen LogP contribution in [0.25, 0.3) is 0 Å². The van der Waals surface area contributed by atoms with E-state index in [9.17, 15) is 9.59 Å². The highest BCUT2D eigenvalue weighted by Gasteiger charge is 2.38. The van der Waals surface area contributed by atoms with Gasteiger partial charge in [-0.15, -0.1) is 0 Å². The molecule has 0 saturated carbocycles. The first-order chi connectivity index (χ1) is 14.6. The number of ether oxygens (including phenoxy) is 2. The Morgan fingerprint density at radius 1 is 1.13 bits per heavy atom. The van der Waals surface area contributed by atoms with Gasteiger partial charge in [-0.05, 0) is 53.8 Å². The second-order valence-electron chi connectivity index (χ2n) is 7.79. The first-order valence-corrected chi connectivity index (χ1v) is 10.1. The van der Waals surface area contributed by atoms with Crippen LogP contribution >= 0.6 is 0 Å². The monoisotopic (exact) mass is 406 g/mol. The summed E-state index contributed by atoms with van der Waals surface area (Å²) >= 11 is 0. The number of carboxylic acids is 1. The predicted octanol–water partition coefficient (Wildman–Crippen LogP) is 3.45. The van der Waals surface area contributed by atoms with Crippen LogP contribution in [0.5, 0.6) is 11.5 Å². The summed E-state index contributed by atoms with van der Waals surface area (Å²) in [5.41, 5.74) is 3.80. The lowest BCUT2D eigenvalue weighted by Gasteiger charge is -2.37. The van der Waals surface area contributed by atoms with Crippen molar-refractivity contribution in [2.75, 3.05) is 18.7 Å². The minimum Gasteiger partial charge on any atom is -0.481 e. The van der Waals surface area contributed by atoms with Crippen LogP contribution in [0.2, 0.25) is 0 Å². The molecule has 0 bridgehead atoms. The number of aliphatic carboxylic acids is 1. The van der Waals surface area contributed by atoms with Crippen LogP contribution < -0.4 is 20.1 Å². The Bertz CT molecular complexity index is 1050. The summed E-state index contributed by atoms with van der Waals surface area (Å²) in [6, 6.07) is 11.8. The minimum absolute atomic E-state index is 0.0944. The smallest absolute Gasteiger partial charge is 0.305 e. The molecule has 0 radical (unpaired) electrons. The Balaban J connectivity index is 1.41. The molecule has 1 amide bonds. The molecular weight excluding hydrogens is 384 g/mol. The van der Waals surface area contributed by atoms with Crippen LogP contribution in [0.4, 0.5) is 5.69 Å². The van der Waals surface area contributed by atoms with Gasteiger partial charge in [0.1, 0.15) is 0 Å². The molecule has 3 N–H and O–H groups in total. The van der Waals surface area contributed by atoms with Gasteiger partial charge in [0, 0.05) is 23.7 Å². The van der Waals surface area contributed by atoms with Gasteiger partial charge in [-0.3, -0.25) is 9.59 Å². The van der Waals surface area contributed by atoms with E-state index in [1.165, 1.54) is 0 Å². The van der Waals surface area contributed by atoms with Gasteiger partial charge in [-0.25, -0.2) is 0 Å². The maximum atomic E-state index is 12.4. The van der Waals surface area contributed by atoms with E-state index in [-0.39, 0.29) is 37.6 Å². The molecule has 2 aromatic rings. The molecule has 7 heteroatoms. The lowest BCUT2D eigenvalue weighted by atomic mass is 9.76. The van der Waals surface area contributed by atoms with Gasteiger partial charge < -0.3 is 25.2 Å². The normalized spacial score (nSPS) is 22.7. The Hall–Kier alpha value is -3.48. The lowest BCUT2D eigenvalue weighted by molar-refractivity contribution is -0.136. The Morgan fingerprint density at radius 2 is 2.00 bits per heavy atom. The molecule has 3 aliphatic rings. The van der Waals surface area contributed by atoms with E-state index in [2.05, 4.69) is 28.9 Å². The molecule has 3 atom stereocenters. The van der Waals surface area contributed by atoms with Crippen molar-refractivity contribution in [1.82, 2.24) is 5.32 Å². The first-order valence-electron chi connectivity index (χ1n) is 10.1. The van der Waals surface area contributed by atoms with E-state index in [4.69, 9.17) is 14.6 Å². The fraction of sp³-hybridized carbons (Fsp3) is 0.304. The van der Waals surface area contributed by atoms with Crippen molar-refractivity contribution in [3.8, 4) is 11.5 Å². The van der Waals surface area contributed by atoms with E-state index < -0.39 is 5.97 Å². The predicted molar refractivity (Wildman–Crippen MR) is 110 cm³/mol. The summed E-state index contributed by atoms with van der Waals surface area (Å²) in [4.78, 5) is 23.1. The molecule has 2 aliphatic heterocycles. The number of rotatable bonds is 5. The molecule has 2 heterocycles. The lowest BCUT2D eigenvalue weighted by Crippen LogP contribution is -2.30. The molecule has 7 nitrogen and oxygen atoms in total. The Kier molecular flexibility index (Phi) is 4.58. The van der Waals surface area contributed by atoms with Crippen LogP contribution in [-0.4, -0.2) is 30.3 Å². The minimum atomic E-state index is -0.932. The van der Waals surface area contributed by atoms with Crippen molar-refractivity contribution in [2.24, 2.45) is 5.92 Å². The molecule has 0 fully saturated rings. The van der Waals surface area contributed by atoms with Crippen molar-refractivity contribution < 1.29 is 24.2 Å². The van der Waals surface area contributed by atoms with E-state index in [1.807, 2.05) is 24.3 Å². The van der Waals surface area contributed by atoms with Gasteiger partial charge in [0.25, 0.3) is 5.91 Å². The van der Waals surface area contributed by atoms with Crippen LogP contribution in [0.15, 0.2) is 48.6 Å². The van der Waals surface area contributed by atoms with Gasteiger partial charge in [0.05, 0.1) is 12.5 Å². The average molecular weight is 406 g/mol. The number of fused-ring (bicyclic) bond motifs is 4. The average Bonchev–Trinajstić information content (AvgIpc) is 3.41. The zero-order valence-corrected chi connectivity index (χ0v) is 16.3. The second kappa shape index (κ2) is 7.40. The van der Waals surface area contributed by atoms with Gasteiger partial charge in [0.15, 0.2) is 11.5 Å². The number of carbonyl (C=O) groups excluding carboxylic acids is 1. The number of carbonyl (C=O) groups is 2. The van der Waals surface area contributed by atoms with Crippen molar-refractivity contribution in [3.63, 3.8) is 0 Å². The Labute approximate surface area is 173 Å². The standard InChI is InChI=1S/C23H22N2O5/c26-21(27)8-9-24-23(28)14-4-6-18-17(10-14)15-2-1-3-16(15)22(25-18)13-5-7-19-20(11-13)30-12-29-19/h1-2,4-7,10-11,15-16,22,25H,3,8-9,12H2,(H,24,28)(H,26,27). The van der Waals surface area contributed by atoms with E-state index in [0.717, 1.165) is 34.7 Å². The summed E-state index contributed by atoms with van der Waals surface area (Å²) < 4.78 is 11.0. The number of benzene rings is 2. The van der Waals surface area contributed by atoms with Crippen molar-refractivity contribution >= 4 is 17.6 Å². The van der Waals surface area contributed by atoms with Crippen molar-refractivity contribution in [2.45, 2.75) is 24.8 Å². The maximum Gasteiger partial charge on any atom is 0.305 e. The third-order valence-electron chi connectivity index (χ3n) is 6.01. The molecule has 2 aromatic carbocycles. The van der Waals surface area contributed by atoms with Gasteiger partial charge in [-0.2, -0.15) is 0 Å². The molecule has 3 unspecified atom stereocenters. The van der Waals surface area contributed by atoms with Crippen LogP contribution in [0.1, 0.15) is 46.3 Å². The molecule has 0 aromatic heterocycles. The summed E-state index contributed by atoms with van der Waals surface area (Å²) in [6.07, 6.45) is 5.27. The summed E-state index contributed by atoms with van der Waals surface area (Å²) in [6.45, 7) is 0.367.